The molecule has 1 unspecified atom stereocenters. The lowest BCUT2D eigenvalue weighted by molar-refractivity contribution is 0.0370. The molecule has 0 fully saturated rings. The highest BCUT2D eigenvalue weighted by molar-refractivity contribution is 5.92. The first-order valence-corrected chi connectivity index (χ1v) is 4.52. The molecule has 1 aromatic rings. The molecule has 4 nitrogen and oxygen atoms in total. The van der Waals surface area contributed by atoms with Gasteiger partial charge in [0, 0.05) is 6.42 Å². The van der Waals surface area contributed by atoms with Crippen molar-refractivity contribution in [2.75, 3.05) is 7.11 Å². The van der Waals surface area contributed by atoms with E-state index in [9.17, 15) is 4.79 Å². The SMILES string of the molecule is COc1ccc2c(c1)C(=O)OC(C#N)C2. The van der Waals surface area contributed by atoms with E-state index in [0.29, 0.717) is 17.7 Å². The number of cyclic esters (lactones) is 1. The van der Waals surface area contributed by atoms with Crippen LogP contribution >= 0.6 is 0 Å². The van der Waals surface area contributed by atoms with Crippen LogP contribution in [0.5, 0.6) is 5.75 Å². The lowest BCUT2D eigenvalue weighted by Gasteiger charge is -2.19. The smallest absolute Gasteiger partial charge is 0.339 e. The molecule has 0 amide bonds. The van der Waals surface area contributed by atoms with Crippen LogP contribution in [0.25, 0.3) is 0 Å². The van der Waals surface area contributed by atoms with Crippen molar-refractivity contribution >= 4 is 5.97 Å². The largest absolute Gasteiger partial charge is 0.497 e. The summed E-state index contributed by atoms with van der Waals surface area (Å²) in [7, 11) is 1.54. The van der Waals surface area contributed by atoms with E-state index < -0.39 is 12.1 Å². The Bertz CT molecular complexity index is 448. The Labute approximate surface area is 87.0 Å². The van der Waals surface area contributed by atoms with E-state index in [-0.39, 0.29) is 0 Å². The van der Waals surface area contributed by atoms with Gasteiger partial charge in [0.15, 0.2) is 6.10 Å². The van der Waals surface area contributed by atoms with Gasteiger partial charge in [-0.2, -0.15) is 5.26 Å². The Morgan fingerprint density at radius 2 is 2.40 bits per heavy atom. The second-order valence-corrected chi connectivity index (χ2v) is 3.25. The van der Waals surface area contributed by atoms with Crippen molar-refractivity contribution < 1.29 is 14.3 Å². The molecule has 76 valence electrons. The highest BCUT2D eigenvalue weighted by Gasteiger charge is 2.26. The number of esters is 1. The first-order valence-electron chi connectivity index (χ1n) is 4.52. The lowest BCUT2D eigenvalue weighted by Crippen LogP contribution is -2.26. The predicted octanol–water partition coefficient (Wildman–Crippen LogP) is 1.30. The van der Waals surface area contributed by atoms with Gasteiger partial charge in [0.25, 0.3) is 0 Å². The van der Waals surface area contributed by atoms with Crippen LogP contribution in [0.3, 0.4) is 0 Å². The van der Waals surface area contributed by atoms with Crippen LogP contribution in [-0.4, -0.2) is 19.2 Å². The third kappa shape index (κ3) is 1.64. The van der Waals surface area contributed by atoms with Gasteiger partial charge < -0.3 is 9.47 Å². The maximum atomic E-state index is 11.5. The molecule has 1 atom stereocenters. The van der Waals surface area contributed by atoms with Crippen molar-refractivity contribution in [3.63, 3.8) is 0 Å². The fraction of sp³-hybridized carbons (Fsp3) is 0.273. The quantitative estimate of drug-likeness (QED) is 0.645. The fourth-order valence-corrected chi connectivity index (χ4v) is 1.56. The third-order valence-corrected chi connectivity index (χ3v) is 2.34. The molecule has 0 saturated carbocycles. The Balaban J connectivity index is 2.42. The number of ether oxygens (including phenoxy) is 2. The van der Waals surface area contributed by atoms with Crippen LogP contribution in [0.4, 0.5) is 0 Å². The van der Waals surface area contributed by atoms with Gasteiger partial charge in [0.2, 0.25) is 0 Å². The molecule has 0 radical (unpaired) electrons. The number of hydrogen-bond donors (Lipinski definition) is 0. The number of rotatable bonds is 1. The molecule has 4 heteroatoms. The third-order valence-electron chi connectivity index (χ3n) is 2.34. The van der Waals surface area contributed by atoms with Crippen LogP contribution in [0.2, 0.25) is 0 Å². The molecule has 0 bridgehead atoms. The monoisotopic (exact) mass is 203 g/mol. The Hall–Kier alpha value is -2.02. The highest BCUT2D eigenvalue weighted by Crippen LogP contribution is 2.24. The maximum absolute atomic E-state index is 11.5. The van der Waals surface area contributed by atoms with Gasteiger partial charge in [-0.25, -0.2) is 4.79 Å². The normalized spacial score (nSPS) is 18.7. The molecule has 2 rings (SSSR count). The van der Waals surface area contributed by atoms with Gasteiger partial charge >= 0.3 is 5.97 Å². The van der Waals surface area contributed by atoms with E-state index in [1.54, 1.807) is 18.2 Å². The predicted molar refractivity (Wildman–Crippen MR) is 51.5 cm³/mol. The van der Waals surface area contributed by atoms with Crippen molar-refractivity contribution in [2.24, 2.45) is 0 Å². The number of fused-ring (bicyclic) bond motifs is 1. The summed E-state index contributed by atoms with van der Waals surface area (Å²) in [6.45, 7) is 0. The number of carbonyl (C=O) groups is 1. The molecule has 0 aromatic heterocycles. The van der Waals surface area contributed by atoms with E-state index >= 15 is 0 Å². The van der Waals surface area contributed by atoms with Crippen molar-refractivity contribution in [1.82, 2.24) is 0 Å². The Kier molecular flexibility index (Phi) is 2.30. The maximum Gasteiger partial charge on any atom is 0.339 e. The zero-order valence-corrected chi connectivity index (χ0v) is 8.19. The minimum atomic E-state index is -0.668. The van der Waals surface area contributed by atoms with Crippen LogP contribution in [0.1, 0.15) is 15.9 Å². The molecular weight excluding hydrogens is 194 g/mol. The van der Waals surface area contributed by atoms with Gasteiger partial charge in [-0.1, -0.05) is 6.07 Å². The van der Waals surface area contributed by atoms with Gasteiger partial charge in [-0.15, -0.1) is 0 Å². The molecule has 15 heavy (non-hydrogen) atoms. The van der Waals surface area contributed by atoms with Crippen molar-refractivity contribution in [3.05, 3.63) is 29.3 Å². The van der Waals surface area contributed by atoms with E-state index in [4.69, 9.17) is 14.7 Å². The summed E-state index contributed by atoms with van der Waals surface area (Å²) in [4.78, 5) is 11.5. The van der Waals surface area contributed by atoms with Gasteiger partial charge in [0.05, 0.1) is 12.7 Å². The van der Waals surface area contributed by atoms with Gasteiger partial charge in [-0.3, -0.25) is 0 Å². The molecule has 1 aliphatic rings. The fourth-order valence-electron chi connectivity index (χ4n) is 1.56. The molecule has 1 aliphatic heterocycles. The number of benzene rings is 1. The summed E-state index contributed by atoms with van der Waals surface area (Å²) < 4.78 is 9.91. The summed E-state index contributed by atoms with van der Waals surface area (Å²) in [5.74, 6) is 0.155. The molecule has 0 N–H and O–H groups in total. The number of hydrogen-bond acceptors (Lipinski definition) is 4. The number of nitriles is 1. The molecule has 0 aliphatic carbocycles. The second-order valence-electron chi connectivity index (χ2n) is 3.25. The van der Waals surface area contributed by atoms with Crippen molar-refractivity contribution in [1.29, 1.82) is 5.26 Å². The van der Waals surface area contributed by atoms with Crippen LogP contribution < -0.4 is 4.74 Å². The van der Waals surface area contributed by atoms with Crippen molar-refractivity contribution in [2.45, 2.75) is 12.5 Å². The number of methoxy groups -OCH3 is 1. The zero-order valence-electron chi connectivity index (χ0n) is 8.19. The topological polar surface area (TPSA) is 59.3 Å². The summed E-state index contributed by atoms with van der Waals surface area (Å²) >= 11 is 0. The molecule has 1 heterocycles. The first kappa shape index (κ1) is 9.53. The zero-order chi connectivity index (χ0) is 10.8. The minimum absolute atomic E-state index is 0.446. The summed E-state index contributed by atoms with van der Waals surface area (Å²) in [5, 5.41) is 8.68. The van der Waals surface area contributed by atoms with Crippen LogP contribution in [0, 0.1) is 11.3 Å². The van der Waals surface area contributed by atoms with Gasteiger partial charge in [-0.05, 0) is 17.7 Å². The standard InChI is InChI=1S/C11H9NO3/c1-14-8-3-2-7-4-9(6-12)15-11(13)10(7)5-8/h2-3,5,9H,4H2,1H3. The van der Waals surface area contributed by atoms with Crippen LogP contribution in [0.15, 0.2) is 18.2 Å². The Morgan fingerprint density at radius 3 is 3.07 bits per heavy atom. The second kappa shape index (κ2) is 3.62. The summed E-state index contributed by atoms with van der Waals surface area (Å²) in [6.07, 6.45) is -0.222. The summed E-state index contributed by atoms with van der Waals surface area (Å²) in [6, 6.07) is 7.12. The number of nitrogens with zero attached hydrogens (tertiary/aromatic N) is 1. The Morgan fingerprint density at radius 1 is 1.60 bits per heavy atom. The van der Waals surface area contributed by atoms with Crippen molar-refractivity contribution in [3.8, 4) is 11.8 Å². The van der Waals surface area contributed by atoms with Crippen LogP contribution in [-0.2, 0) is 11.2 Å². The lowest BCUT2D eigenvalue weighted by atomic mass is 9.99. The minimum Gasteiger partial charge on any atom is -0.497 e. The molecule has 0 spiro atoms. The summed E-state index contributed by atoms with van der Waals surface area (Å²) in [5.41, 5.74) is 1.32. The molecule has 0 saturated heterocycles. The molecule has 1 aromatic carbocycles. The van der Waals surface area contributed by atoms with E-state index in [1.807, 2.05) is 6.07 Å². The molecular formula is C11H9NO3. The van der Waals surface area contributed by atoms with E-state index in [1.165, 1.54) is 7.11 Å². The van der Waals surface area contributed by atoms with E-state index in [0.717, 1.165) is 5.56 Å². The van der Waals surface area contributed by atoms with Gasteiger partial charge in [0.1, 0.15) is 11.8 Å². The average molecular weight is 203 g/mol. The average Bonchev–Trinajstić information content (AvgIpc) is 2.28. The number of carbonyl (C=O) groups excluding carboxylic acids is 1. The van der Waals surface area contributed by atoms with E-state index in [2.05, 4.69) is 0 Å². The first-order chi connectivity index (χ1) is 7.24. The highest BCUT2D eigenvalue weighted by atomic mass is 16.5.